The van der Waals surface area contributed by atoms with Crippen LogP contribution in [0.1, 0.15) is 21.5 Å². The number of nitro benzene ring substituents is 1. The Morgan fingerprint density at radius 2 is 1.42 bits per heavy atom. The van der Waals surface area contributed by atoms with Crippen molar-refractivity contribution in [3.8, 4) is 11.1 Å². The summed E-state index contributed by atoms with van der Waals surface area (Å²) in [5.74, 6) is -0.246. The molecule has 1 N–H and O–H groups in total. The lowest BCUT2D eigenvalue weighted by Crippen LogP contribution is -2.14. The predicted octanol–water partition coefficient (Wildman–Crippen LogP) is 5.13. The molecule has 3 aromatic rings. The zero-order valence-corrected chi connectivity index (χ0v) is 14.5. The first-order valence-corrected chi connectivity index (χ1v) is 8.18. The number of non-ortho nitro benzene ring substituents is 1. The van der Waals surface area contributed by atoms with Gasteiger partial charge in [-0.1, -0.05) is 42.5 Å². The van der Waals surface area contributed by atoms with Gasteiger partial charge in [-0.3, -0.25) is 14.9 Å². The smallest absolute Gasteiger partial charge is 0.270 e. The van der Waals surface area contributed by atoms with E-state index in [4.69, 9.17) is 0 Å². The van der Waals surface area contributed by atoms with E-state index in [0.717, 1.165) is 11.1 Å². The van der Waals surface area contributed by atoms with Crippen LogP contribution in [0.25, 0.3) is 11.1 Å². The van der Waals surface area contributed by atoms with E-state index in [1.54, 1.807) is 26.0 Å². The number of anilines is 1. The number of nitrogens with one attached hydrogen (secondary N) is 1. The summed E-state index contributed by atoms with van der Waals surface area (Å²) in [4.78, 5) is 23.0. The van der Waals surface area contributed by atoms with Crippen LogP contribution in [-0.2, 0) is 0 Å². The minimum absolute atomic E-state index is 0.0187. The summed E-state index contributed by atoms with van der Waals surface area (Å²) >= 11 is 0. The Morgan fingerprint density at radius 3 is 1.96 bits per heavy atom. The zero-order valence-electron chi connectivity index (χ0n) is 14.5. The van der Waals surface area contributed by atoms with Gasteiger partial charge in [-0.2, -0.15) is 0 Å². The molecule has 0 saturated carbocycles. The maximum atomic E-state index is 12.5. The van der Waals surface area contributed by atoms with Crippen molar-refractivity contribution in [3.05, 3.63) is 93.5 Å². The monoisotopic (exact) mass is 346 g/mol. The van der Waals surface area contributed by atoms with Gasteiger partial charge in [-0.25, -0.2) is 0 Å². The summed E-state index contributed by atoms with van der Waals surface area (Å²) in [6.07, 6.45) is 0. The second kappa shape index (κ2) is 7.19. The van der Waals surface area contributed by atoms with Gasteiger partial charge in [0, 0.05) is 23.4 Å². The Bertz CT molecular complexity index is 941. The number of rotatable bonds is 4. The van der Waals surface area contributed by atoms with E-state index >= 15 is 0 Å². The molecule has 0 saturated heterocycles. The Balaban J connectivity index is 1.82. The van der Waals surface area contributed by atoms with E-state index in [2.05, 4.69) is 5.32 Å². The lowest BCUT2D eigenvalue weighted by Gasteiger charge is -2.12. The first kappa shape index (κ1) is 17.4. The quantitative estimate of drug-likeness (QED) is 0.526. The molecule has 5 heteroatoms. The maximum absolute atomic E-state index is 12.5. The largest absolute Gasteiger partial charge is 0.321 e. The fraction of sp³-hybridized carbons (Fsp3) is 0.0952. The van der Waals surface area contributed by atoms with Gasteiger partial charge in [0.15, 0.2) is 0 Å². The average molecular weight is 346 g/mol. The summed E-state index contributed by atoms with van der Waals surface area (Å²) in [7, 11) is 0. The second-order valence-electron chi connectivity index (χ2n) is 6.11. The second-order valence-corrected chi connectivity index (χ2v) is 6.11. The number of nitro groups is 1. The van der Waals surface area contributed by atoms with Gasteiger partial charge in [0.2, 0.25) is 0 Å². The summed E-state index contributed by atoms with van der Waals surface area (Å²) in [6, 6.07) is 20.2. The molecule has 0 spiro atoms. The topological polar surface area (TPSA) is 72.2 Å². The molecule has 1 amide bonds. The third-order valence-corrected chi connectivity index (χ3v) is 4.22. The lowest BCUT2D eigenvalue weighted by atomic mass is 10.0. The molecule has 5 nitrogen and oxygen atoms in total. The molecule has 0 bridgehead atoms. The Morgan fingerprint density at radius 1 is 0.885 bits per heavy atom. The Kier molecular flexibility index (Phi) is 4.80. The molecule has 0 aliphatic rings. The van der Waals surface area contributed by atoms with Crippen molar-refractivity contribution < 1.29 is 9.72 Å². The zero-order chi connectivity index (χ0) is 18.7. The van der Waals surface area contributed by atoms with Crippen molar-refractivity contribution in [2.24, 2.45) is 0 Å². The molecule has 0 aliphatic heterocycles. The van der Waals surface area contributed by atoms with E-state index < -0.39 is 4.92 Å². The first-order chi connectivity index (χ1) is 12.5. The summed E-state index contributed by atoms with van der Waals surface area (Å²) in [6.45, 7) is 3.49. The molecule has 3 rings (SSSR count). The number of carbonyl (C=O) groups excluding carboxylic acids is 1. The van der Waals surface area contributed by atoms with Gasteiger partial charge < -0.3 is 5.32 Å². The van der Waals surface area contributed by atoms with Crippen molar-refractivity contribution in [3.63, 3.8) is 0 Å². The molecule has 0 atom stereocenters. The van der Waals surface area contributed by atoms with Crippen LogP contribution in [0.4, 0.5) is 11.4 Å². The van der Waals surface area contributed by atoms with Crippen LogP contribution in [0.3, 0.4) is 0 Å². The molecule has 130 valence electrons. The standard InChI is InChI=1S/C21H18N2O3/c1-14-12-19(23(25)26)13-15(2)20(14)22-21(24)18-10-8-17(9-11-18)16-6-4-3-5-7-16/h3-13H,1-2H3,(H,22,24). The SMILES string of the molecule is Cc1cc([N+](=O)[O-])cc(C)c1NC(=O)c1ccc(-c2ccccc2)cc1. The third kappa shape index (κ3) is 3.62. The van der Waals surface area contributed by atoms with Crippen LogP contribution >= 0.6 is 0 Å². The number of nitrogens with zero attached hydrogens (tertiary/aromatic N) is 1. The molecule has 0 radical (unpaired) electrons. The Labute approximate surface area is 151 Å². The van der Waals surface area contributed by atoms with E-state index in [1.165, 1.54) is 12.1 Å². The number of amides is 1. The number of aryl methyl sites for hydroxylation is 2. The normalized spacial score (nSPS) is 10.4. The number of benzene rings is 3. The van der Waals surface area contributed by atoms with Crippen LogP contribution in [0.15, 0.2) is 66.7 Å². The molecule has 0 unspecified atom stereocenters. The highest BCUT2D eigenvalue weighted by atomic mass is 16.6. The number of hydrogen-bond donors (Lipinski definition) is 1. The molecule has 0 fully saturated rings. The van der Waals surface area contributed by atoms with Gasteiger partial charge in [0.05, 0.1) is 4.92 Å². The van der Waals surface area contributed by atoms with Gasteiger partial charge in [-0.15, -0.1) is 0 Å². The van der Waals surface area contributed by atoms with Gasteiger partial charge in [0.25, 0.3) is 11.6 Å². The molecule has 0 heterocycles. The van der Waals surface area contributed by atoms with Crippen LogP contribution in [0, 0.1) is 24.0 Å². The summed E-state index contributed by atoms with van der Waals surface area (Å²) in [5, 5.41) is 13.8. The van der Waals surface area contributed by atoms with Crippen molar-refractivity contribution >= 4 is 17.3 Å². The Hall–Kier alpha value is -3.47. The molecular weight excluding hydrogens is 328 g/mol. The number of carbonyl (C=O) groups is 1. The van der Waals surface area contributed by atoms with Crippen molar-refractivity contribution in [1.29, 1.82) is 0 Å². The van der Waals surface area contributed by atoms with Gasteiger partial charge >= 0.3 is 0 Å². The minimum atomic E-state index is -0.437. The minimum Gasteiger partial charge on any atom is -0.321 e. The van der Waals surface area contributed by atoms with Crippen LogP contribution in [0.2, 0.25) is 0 Å². The molecule has 26 heavy (non-hydrogen) atoms. The van der Waals surface area contributed by atoms with E-state index in [1.807, 2.05) is 42.5 Å². The molecule has 0 aromatic heterocycles. The van der Waals surface area contributed by atoms with Crippen molar-refractivity contribution in [1.82, 2.24) is 0 Å². The van der Waals surface area contributed by atoms with Crippen LogP contribution in [0.5, 0.6) is 0 Å². The number of hydrogen-bond acceptors (Lipinski definition) is 3. The van der Waals surface area contributed by atoms with Gasteiger partial charge in [-0.05, 0) is 48.2 Å². The highest BCUT2D eigenvalue weighted by Gasteiger charge is 2.15. The third-order valence-electron chi connectivity index (χ3n) is 4.22. The predicted molar refractivity (Wildman–Crippen MR) is 102 cm³/mol. The van der Waals surface area contributed by atoms with Crippen molar-refractivity contribution in [2.75, 3.05) is 5.32 Å². The fourth-order valence-electron chi connectivity index (χ4n) is 2.87. The fourth-order valence-corrected chi connectivity index (χ4v) is 2.87. The van der Waals surface area contributed by atoms with E-state index in [9.17, 15) is 14.9 Å². The van der Waals surface area contributed by atoms with Crippen LogP contribution in [-0.4, -0.2) is 10.8 Å². The van der Waals surface area contributed by atoms with Gasteiger partial charge in [0.1, 0.15) is 0 Å². The highest BCUT2D eigenvalue weighted by molar-refractivity contribution is 6.05. The van der Waals surface area contributed by atoms with E-state index in [0.29, 0.717) is 22.4 Å². The average Bonchev–Trinajstić information content (AvgIpc) is 2.65. The van der Waals surface area contributed by atoms with Crippen LogP contribution < -0.4 is 5.32 Å². The first-order valence-electron chi connectivity index (χ1n) is 8.18. The summed E-state index contributed by atoms with van der Waals surface area (Å²) in [5.41, 5.74) is 4.59. The lowest BCUT2D eigenvalue weighted by molar-refractivity contribution is -0.384. The van der Waals surface area contributed by atoms with Crippen molar-refractivity contribution in [2.45, 2.75) is 13.8 Å². The molecule has 0 aliphatic carbocycles. The molecule has 3 aromatic carbocycles. The highest BCUT2D eigenvalue weighted by Crippen LogP contribution is 2.27. The maximum Gasteiger partial charge on any atom is 0.270 e. The summed E-state index contributed by atoms with van der Waals surface area (Å²) < 4.78 is 0. The van der Waals surface area contributed by atoms with E-state index in [-0.39, 0.29) is 11.6 Å². The molecular formula is C21H18N2O3.